The number of benzene rings is 1. The molecule has 124 valence electrons. The van der Waals surface area contributed by atoms with Crippen molar-refractivity contribution >= 4 is 5.91 Å². The first-order valence-corrected chi connectivity index (χ1v) is 7.99. The van der Waals surface area contributed by atoms with Gasteiger partial charge in [0.2, 0.25) is 5.91 Å². The first kappa shape index (κ1) is 17.0. The second-order valence-electron chi connectivity index (χ2n) is 5.42. The summed E-state index contributed by atoms with van der Waals surface area (Å²) in [5.74, 6) is 5.78. The monoisotopic (exact) mass is 316 g/mol. The molecular weight excluding hydrogens is 292 g/mol. The molecule has 0 atom stereocenters. The van der Waals surface area contributed by atoms with E-state index in [1.807, 2.05) is 24.3 Å². The summed E-state index contributed by atoms with van der Waals surface area (Å²) in [5.41, 5.74) is 5.07. The Kier molecular flexibility index (Phi) is 6.62. The molecule has 23 heavy (non-hydrogen) atoms. The Bertz CT molecular complexity index is 607. The lowest BCUT2D eigenvalue weighted by atomic mass is 10.0. The molecule has 2 rings (SSSR count). The first-order chi connectivity index (χ1) is 11.2. The van der Waals surface area contributed by atoms with Crippen LogP contribution in [0.3, 0.4) is 0 Å². The molecule has 4 N–H and O–H groups in total. The highest BCUT2D eigenvalue weighted by molar-refractivity contribution is 5.76. The Morgan fingerprint density at radius 2 is 2.09 bits per heavy atom. The summed E-state index contributed by atoms with van der Waals surface area (Å²) in [6.45, 7) is 2.92. The normalized spacial score (nSPS) is 10.5. The number of unbranched alkanes of at least 4 members (excludes halogenated alkanes) is 2. The van der Waals surface area contributed by atoms with E-state index in [4.69, 9.17) is 10.6 Å². The van der Waals surface area contributed by atoms with Crippen molar-refractivity contribution in [3.05, 3.63) is 36.0 Å². The molecule has 0 aliphatic carbocycles. The van der Waals surface area contributed by atoms with Crippen molar-refractivity contribution in [2.75, 3.05) is 6.61 Å². The summed E-state index contributed by atoms with van der Waals surface area (Å²) in [7, 11) is 0. The average Bonchev–Trinajstić information content (AvgIpc) is 3.05. The third-order valence-electron chi connectivity index (χ3n) is 3.66. The summed E-state index contributed by atoms with van der Waals surface area (Å²) >= 11 is 0. The molecule has 0 radical (unpaired) electrons. The maximum Gasteiger partial charge on any atom is 0.234 e. The molecule has 0 aliphatic rings. The lowest BCUT2D eigenvalue weighted by Crippen LogP contribution is -2.30. The number of carbonyl (C=O) groups is 1. The molecule has 1 aromatic heterocycles. The predicted molar refractivity (Wildman–Crippen MR) is 89.7 cm³/mol. The average molecular weight is 316 g/mol. The molecule has 6 nitrogen and oxygen atoms in total. The van der Waals surface area contributed by atoms with Gasteiger partial charge in [0.1, 0.15) is 5.75 Å². The van der Waals surface area contributed by atoms with Crippen molar-refractivity contribution < 1.29 is 9.53 Å². The number of hydrazine groups is 1. The van der Waals surface area contributed by atoms with Crippen molar-refractivity contribution in [2.24, 2.45) is 5.84 Å². The number of nitrogens with two attached hydrogens (primary N) is 1. The van der Waals surface area contributed by atoms with Crippen molar-refractivity contribution in [2.45, 2.75) is 39.0 Å². The van der Waals surface area contributed by atoms with E-state index in [0.717, 1.165) is 35.6 Å². The molecular formula is C17H24N4O2. The summed E-state index contributed by atoms with van der Waals surface area (Å²) in [6, 6.07) is 7.90. The van der Waals surface area contributed by atoms with Gasteiger partial charge in [-0.2, -0.15) is 5.10 Å². The van der Waals surface area contributed by atoms with Crippen LogP contribution in [0.1, 0.15) is 38.2 Å². The molecule has 1 amide bonds. The number of carbonyl (C=O) groups excluding carboxylic acids is 1. The molecule has 1 aromatic carbocycles. The van der Waals surface area contributed by atoms with Crippen LogP contribution in [-0.2, 0) is 11.2 Å². The van der Waals surface area contributed by atoms with E-state index < -0.39 is 0 Å². The van der Waals surface area contributed by atoms with E-state index in [-0.39, 0.29) is 5.91 Å². The zero-order valence-electron chi connectivity index (χ0n) is 13.5. The first-order valence-electron chi connectivity index (χ1n) is 7.99. The molecule has 6 heteroatoms. The SMILES string of the molecule is CCCCCOc1ccc(-c2[nH]ncc2CCC(=O)NN)cc1. The zero-order chi connectivity index (χ0) is 16.5. The Hall–Kier alpha value is -2.34. The smallest absolute Gasteiger partial charge is 0.234 e. The molecule has 0 saturated heterocycles. The van der Waals surface area contributed by atoms with Gasteiger partial charge in [0, 0.05) is 12.0 Å². The minimum absolute atomic E-state index is 0.187. The van der Waals surface area contributed by atoms with E-state index >= 15 is 0 Å². The Morgan fingerprint density at radius 3 is 2.78 bits per heavy atom. The third-order valence-corrected chi connectivity index (χ3v) is 3.66. The number of aryl methyl sites for hydroxylation is 1. The van der Waals surface area contributed by atoms with Crippen LogP contribution < -0.4 is 16.0 Å². The van der Waals surface area contributed by atoms with E-state index in [0.29, 0.717) is 12.8 Å². The predicted octanol–water partition coefficient (Wildman–Crippen LogP) is 2.57. The second kappa shape index (κ2) is 8.95. The number of nitrogens with one attached hydrogen (secondary N) is 2. The van der Waals surface area contributed by atoms with Gasteiger partial charge < -0.3 is 4.74 Å². The minimum Gasteiger partial charge on any atom is -0.494 e. The Labute approximate surface area is 136 Å². The Balaban J connectivity index is 1.97. The number of ether oxygens (including phenoxy) is 1. The summed E-state index contributed by atoms with van der Waals surface area (Å²) in [6.07, 6.45) is 6.12. The fraction of sp³-hybridized carbons (Fsp3) is 0.412. The van der Waals surface area contributed by atoms with Crippen LogP contribution in [0.25, 0.3) is 11.3 Å². The topological polar surface area (TPSA) is 93.0 Å². The fourth-order valence-electron chi connectivity index (χ4n) is 2.33. The number of aromatic amines is 1. The van der Waals surface area contributed by atoms with Crippen molar-refractivity contribution in [3.63, 3.8) is 0 Å². The molecule has 0 spiro atoms. The number of H-pyrrole nitrogens is 1. The van der Waals surface area contributed by atoms with Gasteiger partial charge in [0.15, 0.2) is 0 Å². The zero-order valence-corrected chi connectivity index (χ0v) is 13.5. The van der Waals surface area contributed by atoms with Gasteiger partial charge in [-0.1, -0.05) is 19.8 Å². The van der Waals surface area contributed by atoms with Crippen LogP contribution in [-0.4, -0.2) is 22.7 Å². The number of aromatic nitrogens is 2. The second-order valence-corrected chi connectivity index (χ2v) is 5.42. The molecule has 0 unspecified atom stereocenters. The van der Waals surface area contributed by atoms with Gasteiger partial charge >= 0.3 is 0 Å². The van der Waals surface area contributed by atoms with Gasteiger partial charge in [0.25, 0.3) is 0 Å². The van der Waals surface area contributed by atoms with Crippen LogP contribution in [0.4, 0.5) is 0 Å². The van der Waals surface area contributed by atoms with Crippen molar-refractivity contribution in [3.8, 4) is 17.0 Å². The number of nitrogens with zero attached hydrogens (tertiary/aromatic N) is 1. The lowest BCUT2D eigenvalue weighted by molar-refractivity contribution is -0.121. The molecule has 0 bridgehead atoms. The largest absolute Gasteiger partial charge is 0.494 e. The van der Waals surface area contributed by atoms with Crippen LogP contribution in [0.2, 0.25) is 0 Å². The van der Waals surface area contributed by atoms with Crippen LogP contribution in [0.15, 0.2) is 30.5 Å². The summed E-state index contributed by atoms with van der Waals surface area (Å²) in [5, 5.41) is 7.06. The standard InChI is InChI=1S/C17H24N4O2/c1-2-3-4-11-23-15-8-5-13(6-9-15)17-14(12-19-21-17)7-10-16(22)20-18/h5-6,8-9,12H,2-4,7,10-11,18H2,1H3,(H,19,21)(H,20,22). The third kappa shape index (κ3) is 5.10. The van der Waals surface area contributed by atoms with Crippen molar-refractivity contribution in [1.29, 1.82) is 0 Å². The van der Waals surface area contributed by atoms with Crippen LogP contribution >= 0.6 is 0 Å². The molecule has 0 saturated carbocycles. The van der Waals surface area contributed by atoms with Crippen LogP contribution in [0.5, 0.6) is 5.75 Å². The van der Waals surface area contributed by atoms with Gasteiger partial charge in [-0.3, -0.25) is 15.3 Å². The van der Waals surface area contributed by atoms with E-state index in [2.05, 4.69) is 22.5 Å². The summed E-state index contributed by atoms with van der Waals surface area (Å²) < 4.78 is 5.71. The maximum absolute atomic E-state index is 11.3. The van der Waals surface area contributed by atoms with E-state index in [1.54, 1.807) is 6.20 Å². The van der Waals surface area contributed by atoms with Gasteiger partial charge in [0.05, 0.1) is 18.5 Å². The number of hydrogen-bond acceptors (Lipinski definition) is 4. The number of rotatable bonds is 9. The van der Waals surface area contributed by atoms with Crippen LogP contribution in [0, 0.1) is 0 Å². The number of hydrogen-bond donors (Lipinski definition) is 3. The number of amides is 1. The highest BCUT2D eigenvalue weighted by Gasteiger charge is 2.09. The quantitative estimate of drug-likeness (QED) is 0.287. The van der Waals surface area contributed by atoms with Gasteiger partial charge in [-0.15, -0.1) is 0 Å². The minimum atomic E-state index is -0.187. The lowest BCUT2D eigenvalue weighted by Gasteiger charge is -2.07. The fourth-order valence-corrected chi connectivity index (χ4v) is 2.33. The highest BCUT2D eigenvalue weighted by Crippen LogP contribution is 2.24. The molecule has 0 fully saturated rings. The summed E-state index contributed by atoms with van der Waals surface area (Å²) in [4.78, 5) is 11.3. The molecule has 2 aromatic rings. The maximum atomic E-state index is 11.3. The molecule has 0 aliphatic heterocycles. The highest BCUT2D eigenvalue weighted by atomic mass is 16.5. The van der Waals surface area contributed by atoms with E-state index in [1.165, 1.54) is 12.8 Å². The van der Waals surface area contributed by atoms with Crippen molar-refractivity contribution in [1.82, 2.24) is 15.6 Å². The molecule has 1 heterocycles. The van der Waals surface area contributed by atoms with Gasteiger partial charge in [-0.25, -0.2) is 5.84 Å². The van der Waals surface area contributed by atoms with E-state index in [9.17, 15) is 4.79 Å². The van der Waals surface area contributed by atoms with Gasteiger partial charge in [-0.05, 0) is 42.7 Å². The Morgan fingerprint density at radius 1 is 1.30 bits per heavy atom.